The lowest BCUT2D eigenvalue weighted by molar-refractivity contribution is -0.148. The Kier molecular flexibility index (Phi) is 15.1. The van der Waals surface area contributed by atoms with Gasteiger partial charge in [-0.05, 0) is 94.6 Å². The summed E-state index contributed by atoms with van der Waals surface area (Å²) in [5.41, 5.74) is -3.66. The molecule has 2 aromatic heterocycles. The highest BCUT2D eigenvalue weighted by atomic mass is 19.4. The van der Waals surface area contributed by atoms with Crippen molar-refractivity contribution < 1.29 is 45.8 Å². The van der Waals surface area contributed by atoms with Crippen LogP contribution >= 0.6 is 0 Å². The molecule has 2 saturated heterocycles. The molecule has 2 fully saturated rings. The van der Waals surface area contributed by atoms with Crippen molar-refractivity contribution in [2.24, 2.45) is 11.8 Å². The summed E-state index contributed by atoms with van der Waals surface area (Å²) >= 11 is 0. The van der Waals surface area contributed by atoms with E-state index in [0.29, 0.717) is 31.6 Å². The summed E-state index contributed by atoms with van der Waals surface area (Å²) in [5.74, 6) is -1.76. The lowest BCUT2D eigenvalue weighted by Gasteiger charge is -2.31. The Hall–Kier alpha value is -3.66. The molecule has 16 heteroatoms. The summed E-state index contributed by atoms with van der Waals surface area (Å²) in [6.07, 6.45) is -4.09. The van der Waals surface area contributed by atoms with E-state index in [1.165, 1.54) is 6.20 Å². The number of alkyl halides is 6. The second kappa shape index (κ2) is 18.4. The number of likely N-dealkylation sites (tertiary alicyclic amines) is 2. The summed E-state index contributed by atoms with van der Waals surface area (Å²) in [7, 11) is 0. The Bertz CT molecular complexity index is 1630. The van der Waals surface area contributed by atoms with Gasteiger partial charge in [-0.1, -0.05) is 27.7 Å². The number of carbonyl (C=O) groups excluding carboxylic acids is 1. The lowest BCUT2D eigenvalue weighted by Crippen LogP contribution is -2.39. The first-order valence-corrected chi connectivity index (χ1v) is 17.7. The van der Waals surface area contributed by atoms with E-state index in [9.17, 15) is 50.6 Å². The number of hydrogen-bond donors (Lipinski definition) is 1. The number of carbonyl (C=O) groups is 2. The maximum absolute atomic E-state index is 13.4. The van der Waals surface area contributed by atoms with Gasteiger partial charge in [0, 0.05) is 37.6 Å². The minimum atomic E-state index is -4.64. The molecule has 0 saturated carbocycles. The van der Waals surface area contributed by atoms with Crippen molar-refractivity contribution in [2.75, 3.05) is 45.9 Å². The number of carboxylic acids is 1. The zero-order valence-electron chi connectivity index (χ0n) is 30.4. The molecule has 4 rings (SSSR count). The molecule has 2 atom stereocenters. The van der Waals surface area contributed by atoms with Gasteiger partial charge in [0.2, 0.25) is 0 Å². The van der Waals surface area contributed by atoms with Crippen LogP contribution in [0.15, 0.2) is 34.1 Å². The first-order valence-electron chi connectivity index (χ1n) is 17.7. The molecule has 0 amide bonds. The molecule has 0 spiro atoms. The van der Waals surface area contributed by atoms with Crippen molar-refractivity contribution in [1.82, 2.24) is 18.9 Å². The summed E-state index contributed by atoms with van der Waals surface area (Å²) in [6, 6.07) is -0.959. The Morgan fingerprint density at radius 1 is 0.731 bits per heavy atom. The topological polar surface area (TPSA) is 114 Å². The standard InChI is InChI=1S/C19H27F3N2O3.C17H23F3N2O3/c1-4-27-18(26)16(10-13(2)3)24-12-14(6-9-23-7-5-8-23)15(11-17(24)25)19(20,21)22;1-11(2)8-14(16(24)25)22-10-12(4-7-21-5-3-6-21)13(9-15(22)23)17(18,19)20/h11-13,16H,4-10H2,1-3H3;9-11,14H,3-8H2,1-2H3,(H,24,25). The summed E-state index contributed by atoms with van der Waals surface area (Å²) in [5, 5.41) is 9.40. The van der Waals surface area contributed by atoms with Crippen molar-refractivity contribution in [3.05, 3.63) is 67.5 Å². The number of halogens is 6. The third-order valence-electron chi connectivity index (χ3n) is 9.13. The zero-order chi connectivity index (χ0) is 39.0. The molecule has 292 valence electrons. The second-order valence-corrected chi connectivity index (χ2v) is 14.2. The Balaban J connectivity index is 0.000000281. The fraction of sp³-hybridized carbons (Fsp3) is 0.667. The number of nitrogens with zero attached hydrogens (tertiary/aromatic N) is 4. The van der Waals surface area contributed by atoms with Gasteiger partial charge in [-0.25, -0.2) is 9.59 Å². The number of aliphatic carboxylic acids is 1. The van der Waals surface area contributed by atoms with Gasteiger partial charge in [-0.3, -0.25) is 9.59 Å². The van der Waals surface area contributed by atoms with Crippen LogP contribution in [0.2, 0.25) is 0 Å². The number of hydrogen-bond acceptors (Lipinski definition) is 7. The molecule has 0 bridgehead atoms. The Morgan fingerprint density at radius 3 is 1.42 bits per heavy atom. The largest absolute Gasteiger partial charge is 0.480 e. The molecule has 0 aliphatic carbocycles. The van der Waals surface area contributed by atoms with Crippen molar-refractivity contribution >= 4 is 11.9 Å². The number of esters is 1. The van der Waals surface area contributed by atoms with E-state index < -0.39 is 58.6 Å². The van der Waals surface area contributed by atoms with Crippen LogP contribution in [0.25, 0.3) is 0 Å². The van der Waals surface area contributed by atoms with Gasteiger partial charge in [0.05, 0.1) is 17.7 Å². The van der Waals surface area contributed by atoms with Crippen molar-refractivity contribution in [3.63, 3.8) is 0 Å². The minimum Gasteiger partial charge on any atom is -0.480 e. The molecule has 2 aliphatic rings. The van der Waals surface area contributed by atoms with Crippen LogP contribution in [-0.2, 0) is 39.5 Å². The summed E-state index contributed by atoms with van der Waals surface area (Å²) in [4.78, 5) is 52.5. The summed E-state index contributed by atoms with van der Waals surface area (Å²) in [6.45, 7) is 13.6. The molecule has 0 radical (unpaired) electrons. The van der Waals surface area contributed by atoms with E-state index in [0.717, 1.165) is 54.4 Å². The Labute approximate surface area is 299 Å². The SMILES string of the molecule is CC(C)CC(C(=O)O)n1cc(CCN2CCC2)c(C(F)(F)F)cc1=O.CCOC(=O)C(CC(C)C)n1cc(CCN2CCC2)c(C(F)(F)F)cc1=O. The van der Waals surface area contributed by atoms with E-state index in [1.54, 1.807) is 20.8 Å². The quantitative estimate of drug-likeness (QED) is 0.173. The van der Waals surface area contributed by atoms with Crippen LogP contribution in [0.3, 0.4) is 0 Å². The molecule has 2 unspecified atom stereocenters. The maximum atomic E-state index is 13.4. The number of pyridine rings is 2. The Morgan fingerprint density at radius 2 is 1.12 bits per heavy atom. The third-order valence-corrected chi connectivity index (χ3v) is 9.13. The van der Waals surface area contributed by atoms with Gasteiger partial charge in [0.25, 0.3) is 11.1 Å². The average molecular weight is 749 g/mol. The van der Waals surface area contributed by atoms with Crippen LogP contribution in [0.4, 0.5) is 26.3 Å². The van der Waals surface area contributed by atoms with Gasteiger partial charge in [-0.2, -0.15) is 26.3 Å². The smallest absolute Gasteiger partial charge is 0.416 e. The zero-order valence-corrected chi connectivity index (χ0v) is 30.4. The first kappa shape index (κ1) is 42.8. The summed E-state index contributed by atoms with van der Waals surface area (Å²) < 4.78 is 87.2. The second-order valence-electron chi connectivity index (χ2n) is 14.2. The van der Waals surface area contributed by atoms with Gasteiger partial charge < -0.3 is 28.8 Å². The van der Waals surface area contributed by atoms with Crippen molar-refractivity contribution in [1.29, 1.82) is 0 Å². The van der Waals surface area contributed by atoms with Crippen LogP contribution in [0.5, 0.6) is 0 Å². The van der Waals surface area contributed by atoms with Gasteiger partial charge in [0.1, 0.15) is 12.1 Å². The normalized spacial score (nSPS) is 16.5. The molecule has 2 aromatic rings. The monoisotopic (exact) mass is 748 g/mol. The predicted molar refractivity (Wildman–Crippen MR) is 182 cm³/mol. The highest BCUT2D eigenvalue weighted by Crippen LogP contribution is 2.33. The lowest BCUT2D eigenvalue weighted by atomic mass is 10.0. The highest BCUT2D eigenvalue weighted by Gasteiger charge is 2.37. The average Bonchev–Trinajstić information content (AvgIpc) is 2.97. The van der Waals surface area contributed by atoms with Gasteiger partial charge >= 0.3 is 24.3 Å². The van der Waals surface area contributed by atoms with Crippen LogP contribution in [-0.4, -0.2) is 81.9 Å². The predicted octanol–water partition coefficient (Wildman–Crippen LogP) is 6.05. The fourth-order valence-corrected chi connectivity index (χ4v) is 6.15. The molecule has 0 aromatic carbocycles. The molecule has 1 N–H and O–H groups in total. The first-order chi connectivity index (χ1) is 24.2. The number of rotatable bonds is 15. The van der Waals surface area contributed by atoms with Crippen molar-refractivity contribution in [2.45, 2.75) is 97.6 Å². The fourth-order valence-electron chi connectivity index (χ4n) is 6.15. The number of carboxylic acid groups (broad SMARTS) is 1. The molecule has 52 heavy (non-hydrogen) atoms. The van der Waals surface area contributed by atoms with E-state index in [-0.39, 0.29) is 48.8 Å². The van der Waals surface area contributed by atoms with Crippen LogP contribution in [0.1, 0.15) is 94.6 Å². The third kappa shape index (κ3) is 11.9. The van der Waals surface area contributed by atoms with E-state index in [1.807, 2.05) is 18.7 Å². The molecule has 4 heterocycles. The maximum Gasteiger partial charge on any atom is 0.416 e. The minimum absolute atomic E-state index is 0.0140. The molecular weight excluding hydrogens is 698 g/mol. The highest BCUT2D eigenvalue weighted by molar-refractivity contribution is 5.74. The van der Waals surface area contributed by atoms with Crippen molar-refractivity contribution in [3.8, 4) is 0 Å². The van der Waals surface area contributed by atoms with E-state index in [4.69, 9.17) is 4.74 Å². The van der Waals surface area contributed by atoms with Gasteiger partial charge in [0.15, 0.2) is 0 Å². The van der Waals surface area contributed by atoms with Gasteiger partial charge in [-0.15, -0.1) is 0 Å². The van der Waals surface area contributed by atoms with E-state index in [2.05, 4.69) is 4.90 Å². The van der Waals surface area contributed by atoms with Crippen LogP contribution in [0, 0.1) is 11.8 Å². The number of aromatic nitrogens is 2. The van der Waals surface area contributed by atoms with E-state index >= 15 is 0 Å². The number of ether oxygens (including phenoxy) is 1. The van der Waals surface area contributed by atoms with Crippen LogP contribution < -0.4 is 11.1 Å². The molecular formula is C36H50F6N4O6. The molecule has 2 aliphatic heterocycles. The molecule has 10 nitrogen and oxygen atoms in total.